The fraction of sp³-hybridized carbons (Fsp3) is 0.143. The molecule has 1 aromatic carbocycles. The Kier molecular flexibility index (Phi) is 4.47. The van der Waals surface area contributed by atoms with Crippen molar-refractivity contribution in [2.45, 2.75) is 13.5 Å². The van der Waals surface area contributed by atoms with E-state index in [1.165, 1.54) is 19.2 Å². The van der Waals surface area contributed by atoms with E-state index in [-0.39, 0.29) is 18.1 Å². The van der Waals surface area contributed by atoms with E-state index in [0.29, 0.717) is 21.2 Å². The topological polar surface area (TPSA) is 59.2 Å². The summed E-state index contributed by atoms with van der Waals surface area (Å²) < 4.78 is 5.12. The zero-order chi connectivity index (χ0) is 14.7. The Balaban J connectivity index is 2.07. The second-order valence-corrected chi connectivity index (χ2v) is 4.95. The molecule has 0 saturated heterocycles. The van der Waals surface area contributed by atoms with E-state index in [0.717, 1.165) is 0 Å². The molecule has 2 rings (SSSR count). The molecule has 0 aliphatic carbocycles. The van der Waals surface area contributed by atoms with Crippen LogP contribution < -0.4 is 0 Å². The van der Waals surface area contributed by atoms with Gasteiger partial charge in [-0.05, 0) is 25.1 Å². The molecule has 6 heteroatoms. The number of carbonyl (C=O) groups is 2. The maximum atomic E-state index is 11.8. The van der Waals surface area contributed by atoms with Crippen LogP contribution in [0.2, 0.25) is 10.0 Å². The van der Waals surface area contributed by atoms with Gasteiger partial charge in [0.15, 0.2) is 5.78 Å². The van der Waals surface area contributed by atoms with Crippen molar-refractivity contribution >= 4 is 35.0 Å². The van der Waals surface area contributed by atoms with Crippen LogP contribution in [0.25, 0.3) is 0 Å². The van der Waals surface area contributed by atoms with E-state index in [9.17, 15) is 9.59 Å². The van der Waals surface area contributed by atoms with Crippen LogP contribution in [0.15, 0.2) is 30.5 Å². The van der Waals surface area contributed by atoms with Gasteiger partial charge in [0.05, 0.1) is 0 Å². The van der Waals surface area contributed by atoms with E-state index in [2.05, 4.69) is 4.98 Å². The SMILES string of the molecule is CC(=O)c1c[nH]c(C(=O)OCc2c(Cl)cccc2Cl)c1. The van der Waals surface area contributed by atoms with Gasteiger partial charge in [-0.25, -0.2) is 4.79 Å². The third-order valence-corrected chi connectivity index (χ3v) is 3.43. The van der Waals surface area contributed by atoms with Crippen LogP contribution in [0, 0.1) is 0 Å². The van der Waals surface area contributed by atoms with E-state index in [4.69, 9.17) is 27.9 Å². The molecule has 0 unspecified atom stereocenters. The maximum Gasteiger partial charge on any atom is 0.355 e. The molecule has 0 atom stereocenters. The predicted molar refractivity (Wildman–Crippen MR) is 76.4 cm³/mol. The van der Waals surface area contributed by atoms with Crippen molar-refractivity contribution in [3.63, 3.8) is 0 Å². The maximum absolute atomic E-state index is 11.8. The van der Waals surface area contributed by atoms with Gasteiger partial charge in [0, 0.05) is 27.4 Å². The Bertz CT molecular complexity index is 644. The number of Topliss-reactive ketones (excluding diaryl/α,β-unsaturated/α-hetero) is 1. The summed E-state index contributed by atoms with van der Waals surface area (Å²) in [5.74, 6) is -0.706. The fourth-order valence-corrected chi connectivity index (χ4v) is 2.11. The van der Waals surface area contributed by atoms with Gasteiger partial charge in [0.2, 0.25) is 0 Å². The Morgan fingerprint density at radius 2 is 1.90 bits per heavy atom. The molecule has 104 valence electrons. The highest BCUT2D eigenvalue weighted by molar-refractivity contribution is 6.35. The summed E-state index contributed by atoms with van der Waals surface area (Å²) in [7, 11) is 0. The lowest BCUT2D eigenvalue weighted by Gasteiger charge is -2.07. The summed E-state index contributed by atoms with van der Waals surface area (Å²) in [4.78, 5) is 25.7. The van der Waals surface area contributed by atoms with E-state index < -0.39 is 5.97 Å². The smallest absolute Gasteiger partial charge is 0.355 e. The Labute approximate surface area is 125 Å². The van der Waals surface area contributed by atoms with Crippen LogP contribution in [0.3, 0.4) is 0 Å². The molecule has 0 bridgehead atoms. The van der Waals surface area contributed by atoms with E-state index >= 15 is 0 Å². The largest absolute Gasteiger partial charge is 0.456 e. The molecular formula is C14H11Cl2NO3. The molecule has 0 aliphatic heterocycles. The van der Waals surface area contributed by atoms with Crippen molar-refractivity contribution in [3.8, 4) is 0 Å². The number of esters is 1. The van der Waals surface area contributed by atoms with Crippen molar-refractivity contribution < 1.29 is 14.3 Å². The van der Waals surface area contributed by atoms with Crippen LogP contribution in [0.1, 0.15) is 33.3 Å². The number of halogens is 2. The van der Waals surface area contributed by atoms with Crippen molar-refractivity contribution in [2.75, 3.05) is 0 Å². The van der Waals surface area contributed by atoms with Gasteiger partial charge in [-0.3, -0.25) is 4.79 Å². The molecule has 0 aliphatic rings. The molecule has 20 heavy (non-hydrogen) atoms. The van der Waals surface area contributed by atoms with Gasteiger partial charge in [0.1, 0.15) is 12.3 Å². The first-order valence-corrected chi connectivity index (χ1v) is 6.54. The van der Waals surface area contributed by atoms with E-state index in [1.807, 2.05) is 0 Å². The summed E-state index contributed by atoms with van der Waals surface area (Å²) in [6.07, 6.45) is 1.46. The first-order chi connectivity index (χ1) is 9.49. The second kappa shape index (κ2) is 6.11. The zero-order valence-corrected chi connectivity index (χ0v) is 12.1. The number of carbonyl (C=O) groups excluding carboxylic acids is 2. The highest BCUT2D eigenvalue weighted by Gasteiger charge is 2.14. The minimum Gasteiger partial charge on any atom is -0.456 e. The molecule has 2 aromatic rings. The normalized spacial score (nSPS) is 10.3. The minimum atomic E-state index is -0.575. The molecule has 1 aromatic heterocycles. The molecule has 1 heterocycles. The van der Waals surface area contributed by atoms with Crippen LogP contribution in [0.5, 0.6) is 0 Å². The number of hydrogen-bond acceptors (Lipinski definition) is 3. The average molecular weight is 312 g/mol. The summed E-state index contributed by atoms with van der Waals surface area (Å²) in [6.45, 7) is 1.38. The number of ketones is 1. The lowest BCUT2D eigenvalue weighted by atomic mass is 10.2. The first-order valence-electron chi connectivity index (χ1n) is 5.78. The van der Waals surface area contributed by atoms with Crippen LogP contribution >= 0.6 is 23.2 Å². The van der Waals surface area contributed by atoms with Gasteiger partial charge >= 0.3 is 5.97 Å². The number of ether oxygens (including phenoxy) is 1. The van der Waals surface area contributed by atoms with Crippen LogP contribution in [-0.4, -0.2) is 16.7 Å². The standard InChI is InChI=1S/C14H11Cl2NO3/c1-8(18)9-5-13(17-6-9)14(19)20-7-10-11(15)3-2-4-12(10)16/h2-6,17H,7H2,1H3. The van der Waals surface area contributed by atoms with Crippen LogP contribution in [0.4, 0.5) is 0 Å². The number of aromatic amines is 1. The summed E-state index contributed by atoms with van der Waals surface area (Å²) >= 11 is 12.0. The third kappa shape index (κ3) is 3.21. The molecule has 0 fully saturated rings. The summed E-state index contributed by atoms with van der Waals surface area (Å²) in [5, 5.41) is 0.863. The summed E-state index contributed by atoms with van der Waals surface area (Å²) in [6, 6.07) is 6.48. The number of H-pyrrole nitrogens is 1. The summed E-state index contributed by atoms with van der Waals surface area (Å²) in [5.41, 5.74) is 1.17. The Hall–Kier alpha value is -1.78. The van der Waals surface area contributed by atoms with E-state index in [1.54, 1.807) is 18.2 Å². The Morgan fingerprint density at radius 3 is 2.45 bits per heavy atom. The minimum absolute atomic E-state index is 0.0359. The number of rotatable bonds is 4. The van der Waals surface area contributed by atoms with Gasteiger partial charge in [0.25, 0.3) is 0 Å². The van der Waals surface area contributed by atoms with Gasteiger partial charge in [-0.2, -0.15) is 0 Å². The lowest BCUT2D eigenvalue weighted by molar-refractivity contribution is 0.0467. The van der Waals surface area contributed by atoms with Crippen molar-refractivity contribution in [3.05, 3.63) is 57.3 Å². The second-order valence-electron chi connectivity index (χ2n) is 4.13. The van der Waals surface area contributed by atoms with Crippen molar-refractivity contribution in [1.82, 2.24) is 4.98 Å². The monoisotopic (exact) mass is 311 g/mol. The molecule has 4 nitrogen and oxygen atoms in total. The Morgan fingerprint density at radius 1 is 1.25 bits per heavy atom. The quantitative estimate of drug-likeness (QED) is 0.688. The molecule has 0 radical (unpaired) electrons. The number of nitrogens with one attached hydrogen (secondary N) is 1. The first kappa shape index (κ1) is 14.6. The molecule has 0 spiro atoms. The van der Waals surface area contributed by atoms with Gasteiger partial charge < -0.3 is 9.72 Å². The third-order valence-electron chi connectivity index (χ3n) is 2.72. The highest BCUT2D eigenvalue weighted by atomic mass is 35.5. The number of hydrogen-bond donors (Lipinski definition) is 1. The number of aromatic nitrogens is 1. The van der Waals surface area contributed by atoms with Crippen molar-refractivity contribution in [2.24, 2.45) is 0 Å². The van der Waals surface area contributed by atoms with Crippen molar-refractivity contribution in [1.29, 1.82) is 0 Å². The highest BCUT2D eigenvalue weighted by Crippen LogP contribution is 2.25. The zero-order valence-electron chi connectivity index (χ0n) is 10.6. The average Bonchev–Trinajstić information content (AvgIpc) is 2.87. The van der Waals surface area contributed by atoms with Crippen LogP contribution in [-0.2, 0) is 11.3 Å². The van der Waals surface area contributed by atoms with Gasteiger partial charge in [-0.1, -0.05) is 29.3 Å². The lowest BCUT2D eigenvalue weighted by Crippen LogP contribution is -2.06. The van der Waals surface area contributed by atoms with Gasteiger partial charge in [-0.15, -0.1) is 0 Å². The fourth-order valence-electron chi connectivity index (χ4n) is 1.60. The predicted octanol–water partition coefficient (Wildman–Crippen LogP) is 3.88. The molecule has 0 amide bonds. The molecular weight excluding hydrogens is 301 g/mol. The number of benzene rings is 1. The molecule has 1 N–H and O–H groups in total. The molecule has 0 saturated carbocycles.